The Balaban J connectivity index is 2.00. The highest BCUT2D eigenvalue weighted by molar-refractivity contribution is 5.87. The fraction of sp³-hybridized carbons (Fsp3) is 0.150. The first-order chi connectivity index (χ1) is 11.3. The quantitative estimate of drug-likeness (QED) is 0.699. The molecular weight excluding hydrogens is 284 g/mol. The van der Waals surface area contributed by atoms with E-state index in [9.17, 15) is 0 Å². The summed E-state index contributed by atoms with van der Waals surface area (Å²) in [6.45, 7) is 4.20. The van der Waals surface area contributed by atoms with Crippen LogP contribution in [0.4, 0.5) is 0 Å². The number of aromatic nitrogens is 1. The summed E-state index contributed by atoms with van der Waals surface area (Å²) in [5, 5.41) is 2.36. The first-order valence-corrected chi connectivity index (χ1v) is 7.69. The molecule has 0 amide bonds. The van der Waals surface area contributed by atoms with Crippen LogP contribution in [0.2, 0.25) is 0 Å². The second-order valence-electron chi connectivity index (χ2n) is 5.46. The van der Waals surface area contributed by atoms with Gasteiger partial charge in [0.25, 0.3) is 0 Å². The normalized spacial score (nSPS) is 12.0. The summed E-state index contributed by atoms with van der Waals surface area (Å²) in [6.07, 6.45) is 6.02. The number of hydrogen-bond donors (Lipinski definition) is 1. The summed E-state index contributed by atoms with van der Waals surface area (Å²) in [5.41, 5.74) is 8.55. The van der Waals surface area contributed by atoms with Gasteiger partial charge in [0.05, 0.1) is 0 Å². The molecule has 1 heterocycles. The van der Waals surface area contributed by atoms with E-state index in [1.807, 2.05) is 36.5 Å². The molecule has 0 saturated carbocycles. The van der Waals surface area contributed by atoms with Crippen LogP contribution in [0.15, 0.2) is 73.6 Å². The van der Waals surface area contributed by atoms with Gasteiger partial charge < -0.3 is 10.5 Å². The Hall–Kier alpha value is -2.65. The number of benzene rings is 2. The third kappa shape index (κ3) is 3.41. The van der Waals surface area contributed by atoms with Crippen molar-refractivity contribution in [2.45, 2.75) is 12.5 Å². The molecule has 0 bridgehead atoms. The molecule has 0 aliphatic heterocycles. The van der Waals surface area contributed by atoms with E-state index in [1.54, 1.807) is 12.3 Å². The summed E-state index contributed by atoms with van der Waals surface area (Å²) in [6, 6.07) is 16.2. The first kappa shape index (κ1) is 15.3. The fourth-order valence-electron chi connectivity index (χ4n) is 2.74. The summed E-state index contributed by atoms with van der Waals surface area (Å²) < 4.78 is 5.84. The highest BCUT2D eigenvalue weighted by Crippen LogP contribution is 2.31. The SMILES string of the molecule is C=CCOc1ccc2ccccc2c1CC(N)c1cccnc1. The number of fused-ring (bicyclic) bond motifs is 1. The summed E-state index contributed by atoms with van der Waals surface area (Å²) in [7, 11) is 0. The molecule has 3 heteroatoms. The Morgan fingerprint density at radius 1 is 1.13 bits per heavy atom. The van der Waals surface area contributed by atoms with Crippen molar-refractivity contribution in [3.05, 3.63) is 84.7 Å². The number of nitrogens with zero attached hydrogens (tertiary/aromatic N) is 1. The molecule has 0 radical (unpaired) electrons. The average molecular weight is 304 g/mol. The predicted octanol–water partition coefficient (Wildman–Crippen LogP) is 4.04. The van der Waals surface area contributed by atoms with Crippen LogP contribution in [-0.2, 0) is 6.42 Å². The fourth-order valence-corrected chi connectivity index (χ4v) is 2.74. The number of rotatable bonds is 6. The number of ether oxygens (including phenoxy) is 1. The Morgan fingerprint density at radius 3 is 2.78 bits per heavy atom. The van der Waals surface area contributed by atoms with Crippen molar-refractivity contribution >= 4 is 10.8 Å². The van der Waals surface area contributed by atoms with Gasteiger partial charge in [-0.05, 0) is 34.9 Å². The van der Waals surface area contributed by atoms with E-state index in [1.165, 1.54) is 10.8 Å². The van der Waals surface area contributed by atoms with Crippen LogP contribution >= 0.6 is 0 Å². The minimum Gasteiger partial charge on any atom is -0.489 e. The van der Waals surface area contributed by atoms with Gasteiger partial charge in [-0.2, -0.15) is 0 Å². The van der Waals surface area contributed by atoms with Gasteiger partial charge in [-0.15, -0.1) is 0 Å². The molecule has 0 saturated heterocycles. The maximum atomic E-state index is 6.40. The van der Waals surface area contributed by atoms with Crippen molar-refractivity contribution in [3.63, 3.8) is 0 Å². The van der Waals surface area contributed by atoms with Crippen LogP contribution < -0.4 is 10.5 Å². The van der Waals surface area contributed by atoms with Crippen molar-refractivity contribution in [2.24, 2.45) is 5.73 Å². The third-order valence-electron chi connectivity index (χ3n) is 3.89. The predicted molar refractivity (Wildman–Crippen MR) is 94.5 cm³/mol. The maximum absolute atomic E-state index is 6.40. The molecule has 2 aromatic carbocycles. The lowest BCUT2D eigenvalue weighted by atomic mass is 9.95. The molecule has 1 unspecified atom stereocenters. The maximum Gasteiger partial charge on any atom is 0.123 e. The third-order valence-corrected chi connectivity index (χ3v) is 3.89. The van der Waals surface area contributed by atoms with E-state index in [-0.39, 0.29) is 6.04 Å². The molecule has 1 aromatic heterocycles. The van der Waals surface area contributed by atoms with Crippen LogP contribution in [0.3, 0.4) is 0 Å². The average Bonchev–Trinajstić information content (AvgIpc) is 2.61. The molecule has 1 atom stereocenters. The van der Waals surface area contributed by atoms with Gasteiger partial charge in [0.15, 0.2) is 0 Å². The minimum atomic E-state index is -0.124. The van der Waals surface area contributed by atoms with Crippen LogP contribution in [0, 0.1) is 0 Å². The molecule has 2 N–H and O–H groups in total. The van der Waals surface area contributed by atoms with Gasteiger partial charge in [-0.25, -0.2) is 0 Å². The first-order valence-electron chi connectivity index (χ1n) is 7.69. The summed E-state index contributed by atoms with van der Waals surface area (Å²) in [4.78, 5) is 4.16. The molecule has 0 spiro atoms. The largest absolute Gasteiger partial charge is 0.489 e. The highest BCUT2D eigenvalue weighted by atomic mass is 16.5. The van der Waals surface area contributed by atoms with Gasteiger partial charge in [0.2, 0.25) is 0 Å². The number of hydrogen-bond acceptors (Lipinski definition) is 3. The smallest absolute Gasteiger partial charge is 0.123 e. The van der Waals surface area contributed by atoms with Crippen LogP contribution in [-0.4, -0.2) is 11.6 Å². The summed E-state index contributed by atoms with van der Waals surface area (Å²) >= 11 is 0. The molecule has 0 aliphatic carbocycles. The zero-order valence-electron chi connectivity index (χ0n) is 13.0. The standard InChI is InChI=1S/C20H20N2O/c1-2-12-23-20-10-9-15-6-3-4-8-17(15)18(20)13-19(21)16-7-5-11-22-14-16/h2-11,14,19H,1,12-13,21H2. The van der Waals surface area contributed by atoms with Gasteiger partial charge >= 0.3 is 0 Å². The lowest BCUT2D eigenvalue weighted by Crippen LogP contribution is -2.14. The molecular formula is C20H20N2O. The van der Waals surface area contributed by atoms with E-state index < -0.39 is 0 Å². The van der Waals surface area contributed by atoms with Crippen molar-refractivity contribution in [3.8, 4) is 5.75 Å². The number of pyridine rings is 1. The minimum absolute atomic E-state index is 0.124. The summed E-state index contributed by atoms with van der Waals surface area (Å²) in [5.74, 6) is 0.864. The molecule has 3 aromatic rings. The second kappa shape index (κ2) is 7.07. The van der Waals surface area contributed by atoms with E-state index in [0.29, 0.717) is 13.0 Å². The molecule has 0 aliphatic rings. The molecule has 116 valence electrons. The Morgan fingerprint density at radius 2 is 2.00 bits per heavy atom. The van der Waals surface area contributed by atoms with Gasteiger partial charge in [-0.1, -0.05) is 49.1 Å². The van der Waals surface area contributed by atoms with Crippen molar-refractivity contribution in [2.75, 3.05) is 6.61 Å². The van der Waals surface area contributed by atoms with Crippen LogP contribution in [0.1, 0.15) is 17.2 Å². The Labute approximate surface area is 136 Å². The number of nitrogens with two attached hydrogens (primary N) is 1. The van der Waals surface area contributed by atoms with E-state index in [2.05, 4.69) is 29.8 Å². The zero-order chi connectivity index (χ0) is 16.1. The molecule has 3 rings (SSSR count). The topological polar surface area (TPSA) is 48.1 Å². The van der Waals surface area contributed by atoms with Crippen LogP contribution in [0.5, 0.6) is 5.75 Å². The Bertz CT molecular complexity index is 799. The molecule has 3 nitrogen and oxygen atoms in total. The van der Waals surface area contributed by atoms with E-state index in [0.717, 1.165) is 16.9 Å². The zero-order valence-corrected chi connectivity index (χ0v) is 13.0. The van der Waals surface area contributed by atoms with Crippen molar-refractivity contribution in [1.29, 1.82) is 0 Å². The van der Waals surface area contributed by atoms with Crippen LogP contribution in [0.25, 0.3) is 10.8 Å². The lowest BCUT2D eigenvalue weighted by molar-refractivity contribution is 0.359. The highest BCUT2D eigenvalue weighted by Gasteiger charge is 2.14. The lowest BCUT2D eigenvalue weighted by Gasteiger charge is -2.17. The molecule has 0 fully saturated rings. The van der Waals surface area contributed by atoms with Gasteiger partial charge in [-0.3, -0.25) is 4.98 Å². The molecule has 23 heavy (non-hydrogen) atoms. The van der Waals surface area contributed by atoms with E-state index in [4.69, 9.17) is 10.5 Å². The van der Waals surface area contributed by atoms with Crippen molar-refractivity contribution < 1.29 is 4.74 Å². The van der Waals surface area contributed by atoms with Gasteiger partial charge in [0, 0.05) is 24.0 Å². The monoisotopic (exact) mass is 304 g/mol. The van der Waals surface area contributed by atoms with Gasteiger partial charge in [0.1, 0.15) is 12.4 Å². The Kier molecular flexibility index (Phi) is 4.69. The second-order valence-corrected chi connectivity index (χ2v) is 5.46. The van der Waals surface area contributed by atoms with Crippen molar-refractivity contribution in [1.82, 2.24) is 4.98 Å². The van der Waals surface area contributed by atoms with E-state index >= 15 is 0 Å².